The first-order valence-corrected chi connectivity index (χ1v) is 7.35. The summed E-state index contributed by atoms with van der Waals surface area (Å²) >= 11 is 0. The molecule has 7 nitrogen and oxygen atoms in total. The Kier molecular flexibility index (Phi) is 4.62. The average Bonchev–Trinajstić information content (AvgIpc) is 2.76. The quantitative estimate of drug-likeness (QED) is 0.838. The van der Waals surface area contributed by atoms with Crippen molar-refractivity contribution in [2.24, 2.45) is 7.05 Å². The number of fused-ring (bicyclic) bond motifs is 1. The first kappa shape index (κ1) is 15.5. The van der Waals surface area contributed by atoms with Gasteiger partial charge in [-0.1, -0.05) is 0 Å². The van der Waals surface area contributed by atoms with E-state index in [0.717, 1.165) is 24.1 Å². The van der Waals surface area contributed by atoms with Crippen LogP contribution >= 0.6 is 0 Å². The molecule has 0 fully saturated rings. The molecule has 0 saturated heterocycles. The monoisotopic (exact) mass is 291 g/mol. The maximum absolute atomic E-state index is 5.94. The Morgan fingerprint density at radius 2 is 1.90 bits per heavy atom. The third-order valence-corrected chi connectivity index (χ3v) is 3.60. The summed E-state index contributed by atoms with van der Waals surface area (Å²) in [7, 11) is 1.85. The predicted octanol–water partition coefficient (Wildman–Crippen LogP) is 1.48. The molecular formula is C14H25N7. The van der Waals surface area contributed by atoms with E-state index in [-0.39, 0.29) is 0 Å². The van der Waals surface area contributed by atoms with Gasteiger partial charge in [-0.25, -0.2) is 0 Å². The number of nitrogens with two attached hydrogens (primary N) is 1. The molecule has 116 valence electrons. The van der Waals surface area contributed by atoms with Crippen LogP contribution in [0.25, 0.3) is 11.0 Å². The summed E-state index contributed by atoms with van der Waals surface area (Å²) in [6.07, 6.45) is 1.69. The minimum absolute atomic E-state index is 0.458. The number of hydrogen-bond acceptors (Lipinski definition) is 6. The zero-order valence-electron chi connectivity index (χ0n) is 13.5. The van der Waals surface area contributed by atoms with E-state index in [1.807, 2.05) is 7.05 Å². The second kappa shape index (κ2) is 6.26. The Hall–Kier alpha value is -1.89. The second-order valence-corrected chi connectivity index (χ2v) is 5.79. The van der Waals surface area contributed by atoms with E-state index in [4.69, 9.17) is 5.73 Å². The van der Waals surface area contributed by atoms with Crippen molar-refractivity contribution in [3.63, 3.8) is 0 Å². The maximum atomic E-state index is 5.94. The molecule has 2 rings (SSSR count). The van der Waals surface area contributed by atoms with Gasteiger partial charge >= 0.3 is 0 Å². The van der Waals surface area contributed by atoms with Crippen molar-refractivity contribution in [1.82, 2.24) is 24.6 Å². The van der Waals surface area contributed by atoms with Crippen molar-refractivity contribution in [2.45, 2.75) is 39.8 Å². The van der Waals surface area contributed by atoms with Gasteiger partial charge in [-0.05, 0) is 27.7 Å². The molecule has 0 amide bonds. The van der Waals surface area contributed by atoms with Crippen molar-refractivity contribution in [3.8, 4) is 0 Å². The molecule has 2 aromatic heterocycles. The minimum atomic E-state index is 0.458. The molecule has 0 spiro atoms. The van der Waals surface area contributed by atoms with Crippen LogP contribution in [0.4, 0.5) is 11.8 Å². The summed E-state index contributed by atoms with van der Waals surface area (Å²) in [6, 6.07) is 1.02. The molecule has 0 aromatic carbocycles. The summed E-state index contributed by atoms with van der Waals surface area (Å²) in [5.41, 5.74) is 6.69. The first-order valence-electron chi connectivity index (χ1n) is 7.35. The van der Waals surface area contributed by atoms with Crippen LogP contribution in [0.5, 0.6) is 0 Å². The fourth-order valence-electron chi connectivity index (χ4n) is 2.53. The zero-order valence-corrected chi connectivity index (χ0v) is 13.5. The van der Waals surface area contributed by atoms with Crippen LogP contribution in [-0.2, 0) is 7.05 Å². The highest BCUT2D eigenvalue weighted by molar-refractivity contribution is 5.86. The number of aryl methyl sites for hydroxylation is 1. The van der Waals surface area contributed by atoms with Crippen molar-refractivity contribution < 1.29 is 0 Å². The summed E-state index contributed by atoms with van der Waals surface area (Å²) < 4.78 is 1.70. The van der Waals surface area contributed by atoms with Crippen LogP contribution in [0.3, 0.4) is 0 Å². The number of aromatic nitrogens is 4. The number of nitrogens with one attached hydrogen (secondary N) is 1. The number of rotatable bonds is 6. The standard InChI is InChI=1S/C14H25N7/c1-9(2)21(10(3)4)7-6-16-14-18-12(15)11-8-17-20(5)13(11)19-14/h8-10H,6-7H2,1-5H3,(H3,15,16,18,19). The lowest BCUT2D eigenvalue weighted by Crippen LogP contribution is -2.40. The third-order valence-electron chi connectivity index (χ3n) is 3.60. The lowest BCUT2D eigenvalue weighted by atomic mass is 10.2. The molecule has 7 heteroatoms. The SMILES string of the molecule is CC(C)N(CCNc1nc(N)c2cnn(C)c2n1)C(C)C. The molecule has 0 unspecified atom stereocenters. The van der Waals surface area contributed by atoms with E-state index in [0.29, 0.717) is 23.8 Å². The molecule has 0 aliphatic carbocycles. The molecule has 0 saturated carbocycles. The Morgan fingerprint density at radius 3 is 2.52 bits per heavy atom. The van der Waals surface area contributed by atoms with E-state index < -0.39 is 0 Å². The second-order valence-electron chi connectivity index (χ2n) is 5.79. The van der Waals surface area contributed by atoms with E-state index in [9.17, 15) is 0 Å². The van der Waals surface area contributed by atoms with Gasteiger partial charge in [0.2, 0.25) is 5.95 Å². The van der Waals surface area contributed by atoms with Gasteiger partial charge in [-0.2, -0.15) is 15.1 Å². The van der Waals surface area contributed by atoms with Crippen LogP contribution in [-0.4, -0.2) is 49.8 Å². The Morgan fingerprint density at radius 1 is 1.24 bits per heavy atom. The molecule has 0 bridgehead atoms. The molecule has 3 N–H and O–H groups in total. The van der Waals surface area contributed by atoms with E-state index >= 15 is 0 Å². The van der Waals surface area contributed by atoms with Gasteiger partial charge in [0.25, 0.3) is 0 Å². The molecule has 0 atom stereocenters. The molecule has 2 aromatic rings. The predicted molar refractivity (Wildman–Crippen MR) is 86.2 cm³/mol. The summed E-state index contributed by atoms with van der Waals surface area (Å²) in [5.74, 6) is 1.01. The number of nitrogen functional groups attached to an aromatic ring is 1. The van der Waals surface area contributed by atoms with Crippen molar-refractivity contribution in [3.05, 3.63) is 6.20 Å². The zero-order chi connectivity index (χ0) is 15.6. The van der Waals surface area contributed by atoms with Gasteiger partial charge in [-0.3, -0.25) is 9.58 Å². The maximum Gasteiger partial charge on any atom is 0.226 e. The van der Waals surface area contributed by atoms with Gasteiger partial charge in [0.05, 0.1) is 11.6 Å². The fraction of sp³-hybridized carbons (Fsp3) is 0.643. The van der Waals surface area contributed by atoms with Crippen LogP contribution in [0.1, 0.15) is 27.7 Å². The highest BCUT2D eigenvalue weighted by Crippen LogP contribution is 2.18. The number of anilines is 2. The van der Waals surface area contributed by atoms with Crippen LogP contribution in [0.15, 0.2) is 6.20 Å². The third kappa shape index (κ3) is 3.41. The van der Waals surface area contributed by atoms with Gasteiger partial charge in [0, 0.05) is 32.2 Å². The summed E-state index contributed by atoms with van der Waals surface area (Å²) in [6.45, 7) is 10.5. The van der Waals surface area contributed by atoms with E-state index in [1.165, 1.54) is 0 Å². The lowest BCUT2D eigenvalue weighted by Gasteiger charge is -2.30. The van der Waals surface area contributed by atoms with Crippen LogP contribution in [0.2, 0.25) is 0 Å². The molecule has 0 aliphatic rings. The average molecular weight is 291 g/mol. The van der Waals surface area contributed by atoms with E-state index in [1.54, 1.807) is 10.9 Å². The van der Waals surface area contributed by atoms with Gasteiger partial charge in [0.1, 0.15) is 5.82 Å². The minimum Gasteiger partial charge on any atom is -0.383 e. The van der Waals surface area contributed by atoms with Gasteiger partial charge < -0.3 is 11.1 Å². The topological polar surface area (TPSA) is 84.9 Å². The Labute approximate surface area is 125 Å². The largest absolute Gasteiger partial charge is 0.383 e. The van der Waals surface area contributed by atoms with Crippen molar-refractivity contribution >= 4 is 22.8 Å². The van der Waals surface area contributed by atoms with Crippen molar-refractivity contribution in [2.75, 3.05) is 24.1 Å². The summed E-state index contributed by atoms with van der Waals surface area (Å²) in [4.78, 5) is 11.2. The number of nitrogens with zero attached hydrogens (tertiary/aromatic N) is 5. The number of hydrogen-bond donors (Lipinski definition) is 2. The van der Waals surface area contributed by atoms with Gasteiger partial charge in [0.15, 0.2) is 5.65 Å². The normalized spacial score (nSPS) is 12.0. The molecule has 0 radical (unpaired) electrons. The van der Waals surface area contributed by atoms with E-state index in [2.05, 4.69) is 53.0 Å². The highest BCUT2D eigenvalue weighted by Gasteiger charge is 2.13. The smallest absolute Gasteiger partial charge is 0.226 e. The highest BCUT2D eigenvalue weighted by atomic mass is 15.3. The Bertz CT molecular complexity index is 595. The van der Waals surface area contributed by atoms with Crippen LogP contribution in [0, 0.1) is 0 Å². The first-order chi connectivity index (χ1) is 9.90. The molecule has 2 heterocycles. The molecule has 21 heavy (non-hydrogen) atoms. The van der Waals surface area contributed by atoms with Gasteiger partial charge in [-0.15, -0.1) is 0 Å². The molecular weight excluding hydrogens is 266 g/mol. The van der Waals surface area contributed by atoms with Crippen LogP contribution < -0.4 is 11.1 Å². The van der Waals surface area contributed by atoms with Crippen molar-refractivity contribution in [1.29, 1.82) is 0 Å². The lowest BCUT2D eigenvalue weighted by molar-refractivity contribution is 0.182. The summed E-state index contributed by atoms with van der Waals surface area (Å²) in [5, 5.41) is 8.19. The Balaban J connectivity index is 2.05. The molecule has 0 aliphatic heterocycles. The fourth-order valence-corrected chi connectivity index (χ4v) is 2.53.